The summed E-state index contributed by atoms with van der Waals surface area (Å²) in [5, 5.41) is 12.2. The summed E-state index contributed by atoms with van der Waals surface area (Å²) < 4.78 is 63.9. The van der Waals surface area contributed by atoms with E-state index in [1.54, 1.807) is 20.8 Å². The number of aryl methyl sites for hydroxylation is 2. The fourth-order valence-corrected chi connectivity index (χ4v) is 5.46. The lowest BCUT2D eigenvalue weighted by Crippen LogP contribution is -2.55. The van der Waals surface area contributed by atoms with E-state index in [0.29, 0.717) is 6.42 Å². The Labute approximate surface area is 214 Å². The Morgan fingerprint density at radius 1 is 1.24 bits per heavy atom. The molecule has 2 unspecified atom stereocenters. The normalized spacial score (nSPS) is 18.5. The molecule has 0 spiro atoms. The number of halogens is 2. The Hall–Kier alpha value is -3.03. The van der Waals surface area contributed by atoms with Crippen LogP contribution in [0.1, 0.15) is 43.2 Å². The highest BCUT2D eigenvalue weighted by Gasteiger charge is 2.37. The molecule has 10 nitrogen and oxygen atoms in total. The lowest BCUT2D eigenvalue weighted by atomic mass is 9.93. The number of anilines is 1. The maximum absolute atomic E-state index is 15.3. The number of nitrogens with one attached hydrogen (secondary N) is 2. The molecule has 2 atom stereocenters. The first-order valence-corrected chi connectivity index (χ1v) is 13.1. The summed E-state index contributed by atoms with van der Waals surface area (Å²) in [5.74, 6) is -3.19. The average molecular weight is 543 g/mol. The second-order valence-corrected chi connectivity index (χ2v) is 11.8. The molecule has 3 N–H and O–H groups in total. The van der Waals surface area contributed by atoms with Crippen LogP contribution in [-0.2, 0) is 21.8 Å². The molecular weight excluding hydrogens is 510 g/mol. The molecule has 0 radical (unpaired) electrons. The van der Waals surface area contributed by atoms with Crippen LogP contribution in [0.4, 0.5) is 19.3 Å². The van der Waals surface area contributed by atoms with Crippen LogP contribution in [0, 0.1) is 24.5 Å². The minimum absolute atomic E-state index is 0.0922. The number of aliphatic hydroxyl groups is 1. The van der Waals surface area contributed by atoms with Gasteiger partial charge in [-0.3, -0.25) is 4.79 Å². The molecule has 1 fully saturated rings. The summed E-state index contributed by atoms with van der Waals surface area (Å²) in [7, 11) is -3.19. The Morgan fingerprint density at radius 3 is 2.51 bits per heavy atom. The van der Waals surface area contributed by atoms with Crippen LogP contribution >= 0.6 is 0 Å². The van der Waals surface area contributed by atoms with Crippen LogP contribution in [0.3, 0.4) is 0 Å². The van der Waals surface area contributed by atoms with E-state index in [0.717, 1.165) is 16.8 Å². The summed E-state index contributed by atoms with van der Waals surface area (Å²) in [6.45, 7) is 6.42. The van der Waals surface area contributed by atoms with Gasteiger partial charge in [0.25, 0.3) is 5.91 Å². The van der Waals surface area contributed by atoms with E-state index < -0.39 is 61.8 Å². The molecular formula is C24H32F2N4O6S. The maximum atomic E-state index is 15.3. The van der Waals surface area contributed by atoms with Crippen LogP contribution in [0.2, 0.25) is 0 Å². The Bertz CT molecular complexity index is 1290. The number of carbonyl (C=O) groups excluding carboxylic acids is 2. The molecule has 204 valence electrons. The standard InChI is InChI=1S/C24H32F2N4O6S/c1-14-10-16(6-7-17(14)25)27-22(32)21-20(26)19(12-29(21)5)37(34,35)28-18-11-30(9-8-15(18)13-31)23(33)36-24(2,3)4/h6-7,10,12,15,18,28,31H,8-9,11,13H2,1-5H3,(H,27,32). The molecule has 1 aliphatic heterocycles. The second-order valence-electron chi connectivity index (χ2n) is 10.1. The van der Waals surface area contributed by atoms with Crippen molar-refractivity contribution >= 4 is 27.7 Å². The molecule has 0 bridgehead atoms. The van der Waals surface area contributed by atoms with Gasteiger partial charge in [-0.1, -0.05) is 0 Å². The molecule has 0 saturated carbocycles. The predicted octanol–water partition coefficient (Wildman–Crippen LogP) is 2.76. The molecule has 13 heteroatoms. The van der Waals surface area contributed by atoms with Crippen molar-refractivity contribution in [2.45, 2.75) is 50.7 Å². The Morgan fingerprint density at radius 2 is 1.92 bits per heavy atom. The summed E-state index contributed by atoms with van der Waals surface area (Å²) in [5.41, 5.74) is -0.817. The monoisotopic (exact) mass is 542 g/mol. The van der Waals surface area contributed by atoms with Crippen molar-refractivity contribution in [2.24, 2.45) is 13.0 Å². The molecule has 37 heavy (non-hydrogen) atoms. The number of hydrogen-bond donors (Lipinski definition) is 3. The Kier molecular flexibility index (Phi) is 8.30. The van der Waals surface area contributed by atoms with E-state index in [9.17, 15) is 27.5 Å². The minimum atomic E-state index is -4.50. The van der Waals surface area contributed by atoms with Crippen molar-refractivity contribution in [1.29, 1.82) is 0 Å². The molecule has 2 amide bonds. The van der Waals surface area contributed by atoms with Gasteiger partial charge in [-0.25, -0.2) is 26.7 Å². The Balaban J connectivity index is 1.82. The topological polar surface area (TPSA) is 130 Å². The van der Waals surface area contributed by atoms with Crippen LogP contribution < -0.4 is 10.0 Å². The van der Waals surface area contributed by atoms with Gasteiger partial charge in [0.05, 0.1) is 0 Å². The van der Waals surface area contributed by atoms with Crippen LogP contribution in [0.15, 0.2) is 29.3 Å². The van der Waals surface area contributed by atoms with Gasteiger partial charge in [0.2, 0.25) is 10.0 Å². The first-order valence-electron chi connectivity index (χ1n) is 11.7. The van der Waals surface area contributed by atoms with Crippen LogP contribution in [0.5, 0.6) is 0 Å². The van der Waals surface area contributed by atoms with Gasteiger partial charge in [-0.2, -0.15) is 0 Å². The van der Waals surface area contributed by atoms with Gasteiger partial charge < -0.3 is 24.6 Å². The van der Waals surface area contributed by atoms with E-state index in [-0.39, 0.29) is 30.9 Å². The molecule has 1 aliphatic rings. The molecule has 3 rings (SSSR count). The number of aromatic nitrogens is 1. The summed E-state index contributed by atoms with van der Waals surface area (Å²) >= 11 is 0. The van der Waals surface area contributed by atoms with Crippen molar-refractivity contribution < 1.29 is 36.6 Å². The van der Waals surface area contributed by atoms with Gasteiger partial charge in [-0.05, 0) is 57.9 Å². The van der Waals surface area contributed by atoms with E-state index in [1.807, 2.05) is 0 Å². The number of rotatable bonds is 6. The van der Waals surface area contributed by atoms with Gasteiger partial charge in [0, 0.05) is 50.6 Å². The number of likely N-dealkylation sites (tertiary alicyclic amines) is 1. The quantitative estimate of drug-likeness (QED) is 0.515. The van der Waals surface area contributed by atoms with E-state index in [1.165, 1.54) is 31.0 Å². The fourth-order valence-electron chi connectivity index (χ4n) is 4.04. The number of piperidine rings is 1. The number of nitrogens with zero attached hydrogens (tertiary/aromatic N) is 2. The minimum Gasteiger partial charge on any atom is -0.444 e. The predicted molar refractivity (Wildman–Crippen MR) is 132 cm³/mol. The smallest absolute Gasteiger partial charge is 0.410 e. The van der Waals surface area contributed by atoms with Crippen molar-refractivity contribution in [1.82, 2.24) is 14.2 Å². The third kappa shape index (κ3) is 6.65. The fraction of sp³-hybridized carbons (Fsp3) is 0.500. The third-order valence-corrected chi connectivity index (χ3v) is 7.43. The van der Waals surface area contributed by atoms with Crippen molar-refractivity contribution in [3.63, 3.8) is 0 Å². The lowest BCUT2D eigenvalue weighted by Gasteiger charge is -2.38. The largest absolute Gasteiger partial charge is 0.444 e. The van der Waals surface area contributed by atoms with Crippen LogP contribution in [-0.4, -0.2) is 66.3 Å². The van der Waals surface area contributed by atoms with Crippen molar-refractivity contribution in [3.05, 3.63) is 47.3 Å². The van der Waals surface area contributed by atoms with Gasteiger partial charge in [0.1, 0.15) is 22.0 Å². The number of hydrogen-bond acceptors (Lipinski definition) is 6. The molecule has 1 saturated heterocycles. The average Bonchev–Trinajstić information content (AvgIpc) is 3.09. The van der Waals surface area contributed by atoms with Gasteiger partial charge in [0.15, 0.2) is 5.82 Å². The second kappa shape index (κ2) is 10.8. The summed E-state index contributed by atoms with van der Waals surface area (Å²) in [6, 6.07) is 2.89. The zero-order valence-electron chi connectivity index (χ0n) is 21.3. The number of ether oxygens (including phenoxy) is 1. The highest BCUT2D eigenvalue weighted by atomic mass is 32.2. The van der Waals surface area contributed by atoms with Gasteiger partial charge in [-0.15, -0.1) is 0 Å². The number of carbonyl (C=O) groups is 2. The first-order chi connectivity index (χ1) is 17.1. The summed E-state index contributed by atoms with van der Waals surface area (Å²) in [4.78, 5) is 25.8. The van der Waals surface area contributed by atoms with E-state index in [2.05, 4.69) is 10.0 Å². The number of amides is 2. The van der Waals surface area contributed by atoms with Crippen molar-refractivity contribution in [2.75, 3.05) is 25.0 Å². The summed E-state index contributed by atoms with van der Waals surface area (Å²) in [6.07, 6.45) is 0.629. The molecule has 2 aromatic rings. The lowest BCUT2D eigenvalue weighted by molar-refractivity contribution is 0.0116. The highest BCUT2D eigenvalue weighted by molar-refractivity contribution is 7.89. The van der Waals surface area contributed by atoms with Crippen LogP contribution in [0.25, 0.3) is 0 Å². The number of benzene rings is 1. The van der Waals surface area contributed by atoms with Crippen molar-refractivity contribution in [3.8, 4) is 0 Å². The number of aliphatic hydroxyl groups excluding tert-OH is 1. The molecule has 2 heterocycles. The number of sulfonamides is 1. The van der Waals surface area contributed by atoms with E-state index in [4.69, 9.17) is 4.74 Å². The molecule has 0 aliphatic carbocycles. The maximum Gasteiger partial charge on any atom is 0.410 e. The first kappa shape index (κ1) is 28.5. The third-order valence-electron chi connectivity index (χ3n) is 5.96. The highest BCUT2D eigenvalue weighted by Crippen LogP contribution is 2.25. The SMILES string of the molecule is Cc1cc(NC(=O)c2c(F)c(S(=O)(=O)NC3CN(C(=O)OC(C)(C)C)CCC3CO)cn2C)ccc1F. The molecule has 1 aromatic carbocycles. The zero-order chi connectivity index (χ0) is 27.7. The molecule has 1 aromatic heterocycles. The van der Waals surface area contributed by atoms with E-state index >= 15 is 4.39 Å². The zero-order valence-corrected chi connectivity index (χ0v) is 22.2. The van der Waals surface area contributed by atoms with Gasteiger partial charge >= 0.3 is 6.09 Å².